The number of hydrogen-bond acceptors (Lipinski definition) is 2. The van der Waals surface area contributed by atoms with Crippen molar-refractivity contribution in [1.29, 1.82) is 0 Å². The van der Waals surface area contributed by atoms with Crippen molar-refractivity contribution >= 4 is 0 Å². The largest absolute Gasteiger partial charge is 0.390 e. The zero-order chi connectivity index (χ0) is 8.27. The lowest BCUT2D eigenvalue weighted by molar-refractivity contribution is 0.116. The standard InChI is InChI=1S/C9H18O2/c1-7(2)3-4-8-5-11-6-9(8)10/h7-10H,3-6H2,1-2H3/t8-,9-/m1/s1. The van der Waals surface area contributed by atoms with E-state index in [-0.39, 0.29) is 6.10 Å². The summed E-state index contributed by atoms with van der Waals surface area (Å²) in [6.45, 7) is 5.72. The predicted molar refractivity (Wildman–Crippen MR) is 44.4 cm³/mol. The van der Waals surface area contributed by atoms with Crippen LogP contribution in [0.5, 0.6) is 0 Å². The summed E-state index contributed by atoms with van der Waals surface area (Å²) in [5.74, 6) is 1.14. The Kier molecular flexibility index (Phi) is 3.34. The smallest absolute Gasteiger partial charge is 0.0823 e. The first-order chi connectivity index (χ1) is 5.20. The molecule has 2 heteroatoms. The van der Waals surface area contributed by atoms with Crippen LogP contribution in [0.15, 0.2) is 0 Å². The van der Waals surface area contributed by atoms with Crippen LogP contribution in [0.3, 0.4) is 0 Å². The molecular formula is C9H18O2. The number of aliphatic hydroxyl groups is 1. The molecule has 11 heavy (non-hydrogen) atoms. The van der Waals surface area contributed by atoms with Crippen LogP contribution in [-0.2, 0) is 4.74 Å². The SMILES string of the molecule is CC(C)CC[C@@H]1COC[C@H]1O. The van der Waals surface area contributed by atoms with E-state index in [0.717, 1.165) is 18.9 Å². The molecule has 1 saturated heterocycles. The molecule has 1 heterocycles. The van der Waals surface area contributed by atoms with Crippen LogP contribution in [0, 0.1) is 11.8 Å². The fourth-order valence-corrected chi connectivity index (χ4v) is 1.41. The lowest BCUT2D eigenvalue weighted by Crippen LogP contribution is -2.17. The highest BCUT2D eigenvalue weighted by atomic mass is 16.5. The van der Waals surface area contributed by atoms with Crippen LogP contribution in [0.2, 0.25) is 0 Å². The average molecular weight is 158 g/mol. The van der Waals surface area contributed by atoms with Gasteiger partial charge in [-0.05, 0) is 12.3 Å². The maximum absolute atomic E-state index is 9.38. The molecule has 66 valence electrons. The molecule has 1 aliphatic heterocycles. The highest BCUT2D eigenvalue weighted by molar-refractivity contribution is 4.74. The van der Waals surface area contributed by atoms with E-state index >= 15 is 0 Å². The summed E-state index contributed by atoms with van der Waals surface area (Å²) in [6, 6.07) is 0. The molecular weight excluding hydrogens is 140 g/mol. The quantitative estimate of drug-likeness (QED) is 0.673. The van der Waals surface area contributed by atoms with Crippen LogP contribution in [0.25, 0.3) is 0 Å². The molecule has 2 nitrogen and oxygen atoms in total. The number of ether oxygens (including phenoxy) is 1. The third kappa shape index (κ3) is 2.80. The van der Waals surface area contributed by atoms with Crippen LogP contribution in [0.1, 0.15) is 26.7 Å². The van der Waals surface area contributed by atoms with E-state index in [0.29, 0.717) is 12.5 Å². The van der Waals surface area contributed by atoms with Gasteiger partial charge in [-0.3, -0.25) is 0 Å². The van der Waals surface area contributed by atoms with Crippen molar-refractivity contribution in [2.24, 2.45) is 11.8 Å². The Hall–Kier alpha value is -0.0800. The van der Waals surface area contributed by atoms with Gasteiger partial charge in [-0.2, -0.15) is 0 Å². The first-order valence-corrected chi connectivity index (χ1v) is 4.46. The van der Waals surface area contributed by atoms with Crippen molar-refractivity contribution in [2.75, 3.05) is 13.2 Å². The molecule has 0 aliphatic carbocycles. The van der Waals surface area contributed by atoms with Crippen molar-refractivity contribution < 1.29 is 9.84 Å². The van der Waals surface area contributed by atoms with Gasteiger partial charge in [0.05, 0.1) is 19.3 Å². The fraction of sp³-hybridized carbons (Fsp3) is 1.00. The molecule has 0 bridgehead atoms. The van der Waals surface area contributed by atoms with E-state index in [4.69, 9.17) is 4.74 Å². The molecule has 0 aromatic heterocycles. The van der Waals surface area contributed by atoms with E-state index in [1.807, 2.05) is 0 Å². The molecule has 0 aromatic rings. The first kappa shape index (κ1) is 9.01. The summed E-state index contributed by atoms with van der Waals surface area (Å²) in [4.78, 5) is 0. The Labute approximate surface area is 68.6 Å². The minimum Gasteiger partial charge on any atom is -0.390 e. The third-order valence-corrected chi connectivity index (χ3v) is 2.28. The van der Waals surface area contributed by atoms with E-state index < -0.39 is 0 Å². The second kappa shape index (κ2) is 4.07. The first-order valence-electron chi connectivity index (χ1n) is 4.46. The molecule has 0 unspecified atom stereocenters. The summed E-state index contributed by atoms with van der Waals surface area (Å²) < 4.78 is 5.15. The van der Waals surface area contributed by atoms with Gasteiger partial charge in [0, 0.05) is 5.92 Å². The highest BCUT2D eigenvalue weighted by Gasteiger charge is 2.25. The Morgan fingerprint density at radius 1 is 1.45 bits per heavy atom. The third-order valence-electron chi connectivity index (χ3n) is 2.28. The van der Waals surface area contributed by atoms with E-state index in [2.05, 4.69) is 13.8 Å². The van der Waals surface area contributed by atoms with Gasteiger partial charge < -0.3 is 9.84 Å². The second-order valence-corrected chi connectivity index (χ2v) is 3.84. The van der Waals surface area contributed by atoms with Crippen LogP contribution < -0.4 is 0 Å². The molecule has 0 radical (unpaired) electrons. The molecule has 0 spiro atoms. The van der Waals surface area contributed by atoms with Crippen molar-refractivity contribution in [3.8, 4) is 0 Å². The molecule has 0 amide bonds. The maximum Gasteiger partial charge on any atom is 0.0823 e. The van der Waals surface area contributed by atoms with Crippen molar-refractivity contribution in [3.63, 3.8) is 0 Å². The van der Waals surface area contributed by atoms with Crippen molar-refractivity contribution in [2.45, 2.75) is 32.8 Å². The number of hydrogen-bond donors (Lipinski definition) is 1. The second-order valence-electron chi connectivity index (χ2n) is 3.84. The Bertz CT molecular complexity index is 112. The average Bonchev–Trinajstić information content (AvgIpc) is 2.31. The Morgan fingerprint density at radius 3 is 2.64 bits per heavy atom. The van der Waals surface area contributed by atoms with Crippen LogP contribution in [-0.4, -0.2) is 24.4 Å². The molecule has 1 aliphatic rings. The number of rotatable bonds is 3. The van der Waals surface area contributed by atoms with Crippen molar-refractivity contribution in [1.82, 2.24) is 0 Å². The molecule has 1 fully saturated rings. The Balaban J connectivity index is 2.15. The van der Waals surface area contributed by atoms with Gasteiger partial charge in [0.1, 0.15) is 0 Å². The summed E-state index contributed by atoms with van der Waals surface area (Å²) in [6.07, 6.45) is 2.11. The summed E-state index contributed by atoms with van der Waals surface area (Å²) in [5, 5.41) is 9.38. The molecule has 0 saturated carbocycles. The van der Waals surface area contributed by atoms with Gasteiger partial charge in [-0.25, -0.2) is 0 Å². The topological polar surface area (TPSA) is 29.5 Å². The zero-order valence-corrected chi connectivity index (χ0v) is 7.42. The van der Waals surface area contributed by atoms with Gasteiger partial charge in [0.15, 0.2) is 0 Å². The molecule has 1 rings (SSSR count). The minimum absolute atomic E-state index is 0.200. The predicted octanol–water partition coefficient (Wildman–Crippen LogP) is 1.43. The van der Waals surface area contributed by atoms with Crippen LogP contribution in [0.4, 0.5) is 0 Å². The maximum atomic E-state index is 9.38. The van der Waals surface area contributed by atoms with E-state index in [1.165, 1.54) is 6.42 Å². The Morgan fingerprint density at radius 2 is 2.18 bits per heavy atom. The van der Waals surface area contributed by atoms with E-state index in [9.17, 15) is 5.11 Å². The molecule has 2 atom stereocenters. The van der Waals surface area contributed by atoms with Gasteiger partial charge in [-0.15, -0.1) is 0 Å². The zero-order valence-electron chi connectivity index (χ0n) is 7.42. The van der Waals surface area contributed by atoms with Gasteiger partial charge >= 0.3 is 0 Å². The van der Waals surface area contributed by atoms with Gasteiger partial charge in [0.2, 0.25) is 0 Å². The van der Waals surface area contributed by atoms with Gasteiger partial charge in [-0.1, -0.05) is 20.3 Å². The molecule has 0 aromatic carbocycles. The number of aliphatic hydroxyl groups excluding tert-OH is 1. The summed E-state index contributed by atoms with van der Waals surface area (Å²) >= 11 is 0. The fourth-order valence-electron chi connectivity index (χ4n) is 1.41. The summed E-state index contributed by atoms with van der Waals surface area (Å²) in [7, 11) is 0. The van der Waals surface area contributed by atoms with Crippen molar-refractivity contribution in [3.05, 3.63) is 0 Å². The summed E-state index contributed by atoms with van der Waals surface area (Å²) in [5.41, 5.74) is 0. The minimum atomic E-state index is -0.200. The monoisotopic (exact) mass is 158 g/mol. The van der Waals surface area contributed by atoms with E-state index in [1.54, 1.807) is 0 Å². The molecule has 1 N–H and O–H groups in total. The van der Waals surface area contributed by atoms with Crippen LogP contribution >= 0.6 is 0 Å². The normalized spacial score (nSPS) is 31.6. The lowest BCUT2D eigenvalue weighted by atomic mass is 9.96. The lowest BCUT2D eigenvalue weighted by Gasteiger charge is -2.12. The van der Waals surface area contributed by atoms with Gasteiger partial charge in [0.25, 0.3) is 0 Å². The highest BCUT2D eigenvalue weighted by Crippen LogP contribution is 2.20.